The minimum Gasteiger partial charge on any atom is -0.461 e. The number of rotatable bonds is 4. The Bertz CT molecular complexity index is 332. The second-order valence-electron chi connectivity index (χ2n) is 4.61. The van der Waals surface area contributed by atoms with Gasteiger partial charge in [-0.25, -0.2) is 0 Å². The molecule has 0 radical (unpaired) electrons. The molecule has 1 aliphatic carbocycles. The van der Waals surface area contributed by atoms with Crippen LogP contribution in [-0.2, 0) is 0 Å². The van der Waals surface area contributed by atoms with Crippen molar-refractivity contribution in [3.8, 4) is 0 Å². The molecule has 2 nitrogen and oxygen atoms in total. The van der Waals surface area contributed by atoms with E-state index in [1.165, 1.54) is 25.7 Å². The van der Waals surface area contributed by atoms with Crippen LogP contribution in [0.3, 0.4) is 0 Å². The summed E-state index contributed by atoms with van der Waals surface area (Å²) in [6.45, 7) is 2.31. The second-order valence-corrected chi connectivity index (χ2v) is 5.89. The Kier molecular flexibility index (Phi) is 4.10. The van der Waals surface area contributed by atoms with Gasteiger partial charge in [0.15, 0.2) is 5.76 Å². The molecule has 0 spiro atoms. The predicted octanol–water partition coefficient (Wildman–Crippen LogP) is 3.77. The average Bonchev–Trinajstić information content (AvgIpc) is 2.79. The second kappa shape index (κ2) is 5.58. The van der Waals surface area contributed by atoms with E-state index in [4.69, 9.17) is 4.42 Å². The van der Waals surface area contributed by atoms with Crippen molar-refractivity contribution in [2.45, 2.75) is 37.9 Å². The Labute approximate surface area is 101 Å². The molecule has 0 saturated heterocycles. The van der Waals surface area contributed by atoms with Crippen molar-refractivity contribution in [3.63, 3.8) is 0 Å². The molecular formula is C13H18O2S. The van der Waals surface area contributed by atoms with Gasteiger partial charge >= 0.3 is 0 Å². The molecule has 1 aromatic rings. The highest BCUT2D eigenvalue weighted by Crippen LogP contribution is 2.32. The molecule has 2 atom stereocenters. The molecule has 0 bridgehead atoms. The lowest BCUT2D eigenvalue weighted by atomic mass is 9.91. The van der Waals surface area contributed by atoms with Crippen molar-refractivity contribution >= 4 is 17.5 Å². The van der Waals surface area contributed by atoms with Gasteiger partial charge in [-0.05, 0) is 30.9 Å². The van der Waals surface area contributed by atoms with E-state index < -0.39 is 0 Å². The molecule has 1 aromatic heterocycles. The van der Waals surface area contributed by atoms with Crippen LogP contribution < -0.4 is 0 Å². The molecule has 1 saturated carbocycles. The molecule has 1 aliphatic rings. The smallest absolute Gasteiger partial charge is 0.207 e. The Morgan fingerprint density at radius 1 is 1.56 bits per heavy atom. The highest BCUT2D eigenvalue weighted by molar-refractivity contribution is 8.00. The zero-order valence-corrected chi connectivity index (χ0v) is 10.5. The molecule has 2 rings (SSSR count). The number of hydrogen-bond acceptors (Lipinski definition) is 3. The standard InChI is InChI=1S/C13H18O2S/c1-10-4-2-5-11(8-10)16-9-12(14)13-6-3-7-15-13/h3,6-7,10-11H,2,4-5,8-9H2,1H3. The highest BCUT2D eigenvalue weighted by atomic mass is 32.2. The van der Waals surface area contributed by atoms with Crippen LogP contribution in [-0.4, -0.2) is 16.8 Å². The van der Waals surface area contributed by atoms with Crippen molar-refractivity contribution in [1.82, 2.24) is 0 Å². The fourth-order valence-corrected chi connectivity index (χ4v) is 3.56. The van der Waals surface area contributed by atoms with Crippen molar-refractivity contribution < 1.29 is 9.21 Å². The molecule has 0 aliphatic heterocycles. The third kappa shape index (κ3) is 3.14. The van der Waals surface area contributed by atoms with Crippen molar-refractivity contribution in [2.75, 3.05) is 5.75 Å². The molecule has 0 aromatic carbocycles. The summed E-state index contributed by atoms with van der Waals surface area (Å²) < 4.78 is 5.09. The first-order valence-electron chi connectivity index (χ1n) is 5.94. The maximum Gasteiger partial charge on any atom is 0.207 e. The first kappa shape index (κ1) is 11.8. The SMILES string of the molecule is CC1CCCC(SCC(=O)c2ccco2)C1. The maximum atomic E-state index is 11.7. The number of ketones is 1. The maximum absolute atomic E-state index is 11.7. The highest BCUT2D eigenvalue weighted by Gasteiger charge is 2.20. The lowest BCUT2D eigenvalue weighted by Crippen LogP contribution is -2.17. The summed E-state index contributed by atoms with van der Waals surface area (Å²) in [7, 11) is 0. The van der Waals surface area contributed by atoms with Crippen molar-refractivity contribution in [3.05, 3.63) is 24.2 Å². The van der Waals surface area contributed by atoms with Crippen LogP contribution in [0.5, 0.6) is 0 Å². The minimum atomic E-state index is 0.119. The predicted molar refractivity (Wildman–Crippen MR) is 66.9 cm³/mol. The zero-order chi connectivity index (χ0) is 11.4. The Morgan fingerprint density at radius 3 is 3.12 bits per heavy atom. The molecule has 16 heavy (non-hydrogen) atoms. The van der Waals surface area contributed by atoms with Crippen molar-refractivity contribution in [1.29, 1.82) is 0 Å². The van der Waals surface area contributed by atoms with E-state index in [-0.39, 0.29) is 5.78 Å². The number of Topliss-reactive ketones (excluding diaryl/α,β-unsaturated/α-hetero) is 1. The number of hydrogen-bond donors (Lipinski definition) is 0. The van der Waals surface area contributed by atoms with E-state index in [1.54, 1.807) is 30.2 Å². The van der Waals surface area contributed by atoms with Gasteiger partial charge in [0.2, 0.25) is 5.78 Å². The van der Waals surface area contributed by atoms with Crippen LogP contribution in [0.25, 0.3) is 0 Å². The molecule has 1 heterocycles. The largest absolute Gasteiger partial charge is 0.461 e. The molecule has 1 fully saturated rings. The fraction of sp³-hybridized carbons (Fsp3) is 0.615. The minimum absolute atomic E-state index is 0.119. The van der Waals surface area contributed by atoms with Gasteiger partial charge in [-0.2, -0.15) is 11.8 Å². The van der Waals surface area contributed by atoms with Crippen LogP contribution in [0.15, 0.2) is 22.8 Å². The summed E-state index contributed by atoms with van der Waals surface area (Å²) in [4.78, 5) is 11.7. The van der Waals surface area contributed by atoms with Gasteiger partial charge in [0.1, 0.15) is 0 Å². The van der Waals surface area contributed by atoms with Gasteiger partial charge in [0, 0.05) is 5.25 Å². The summed E-state index contributed by atoms with van der Waals surface area (Å²) in [5.41, 5.74) is 0. The molecule has 0 N–H and O–H groups in total. The van der Waals surface area contributed by atoms with E-state index in [9.17, 15) is 4.79 Å². The number of carbonyl (C=O) groups excluding carboxylic acids is 1. The average molecular weight is 238 g/mol. The van der Waals surface area contributed by atoms with Crippen LogP contribution in [0.1, 0.15) is 43.2 Å². The Morgan fingerprint density at radius 2 is 2.44 bits per heavy atom. The van der Waals surface area contributed by atoms with Gasteiger partial charge in [-0.3, -0.25) is 4.79 Å². The number of thioether (sulfide) groups is 1. The lowest BCUT2D eigenvalue weighted by Gasteiger charge is -2.25. The van der Waals surface area contributed by atoms with Gasteiger partial charge in [0.25, 0.3) is 0 Å². The van der Waals surface area contributed by atoms with E-state index in [2.05, 4.69) is 6.92 Å². The first-order chi connectivity index (χ1) is 7.75. The molecular weight excluding hydrogens is 220 g/mol. The summed E-state index contributed by atoms with van der Waals surface area (Å²) >= 11 is 1.80. The van der Waals surface area contributed by atoms with Crippen LogP contribution in [0, 0.1) is 5.92 Å². The third-order valence-electron chi connectivity index (χ3n) is 3.13. The summed E-state index contributed by atoms with van der Waals surface area (Å²) in [6, 6.07) is 3.51. The van der Waals surface area contributed by atoms with Crippen LogP contribution in [0.4, 0.5) is 0 Å². The molecule has 88 valence electrons. The zero-order valence-electron chi connectivity index (χ0n) is 9.65. The van der Waals surface area contributed by atoms with Crippen LogP contribution >= 0.6 is 11.8 Å². The summed E-state index contributed by atoms with van der Waals surface area (Å²) in [6.07, 6.45) is 6.74. The van der Waals surface area contributed by atoms with Gasteiger partial charge < -0.3 is 4.42 Å². The molecule has 2 unspecified atom stereocenters. The van der Waals surface area contributed by atoms with Crippen molar-refractivity contribution in [2.24, 2.45) is 5.92 Å². The van der Waals surface area contributed by atoms with Crippen LogP contribution in [0.2, 0.25) is 0 Å². The molecule has 0 amide bonds. The monoisotopic (exact) mass is 238 g/mol. The normalized spacial score (nSPS) is 25.6. The lowest BCUT2D eigenvalue weighted by molar-refractivity contribution is 0.0992. The summed E-state index contributed by atoms with van der Waals surface area (Å²) in [5, 5.41) is 0.669. The van der Waals surface area contributed by atoms with E-state index in [0.717, 1.165) is 5.92 Å². The van der Waals surface area contributed by atoms with E-state index in [1.807, 2.05) is 0 Å². The number of furan rings is 1. The topological polar surface area (TPSA) is 30.2 Å². The van der Waals surface area contributed by atoms with Gasteiger partial charge in [-0.1, -0.05) is 19.8 Å². The van der Waals surface area contributed by atoms with Gasteiger partial charge in [-0.15, -0.1) is 0 Å². The third-order valence-corrected chi connectivity index (χ3v) is 4.46. The fourth-order valence-electron chi connectivity index (χ4n) is 2.23. The molecule has 3 heteroatoms. The Balaban J connectivity index is 1.77. The summed E-state index contributed by atoms with van der Waals surface area (Å²) in [5.74, 6) is 2.00. The number of carbonyl (C=O) groups is 1. The quantitative estimate of drug-likeness (QED) is 0.748. The van der Waals surface area contributed by atoms with E-state index in [0.29, 0.717) is 16.8 Å². The van der Waals surface area contributed by atoms with E-state index >= 15 is 0 Å². The van der Waals surface area contributed by atoms with Gasteiger partial charge in [0.05, 0.1) is 12.0 Å². The Hall–Kier alpha value is -0.700. The first-order valence-corrected chi connectivity index (χ1v) is 6.99.